The molecule has 1 aromatic heterocycles. The molecule has 1 fully saturated rings. The number of aryl methyl sites for hydroxylation is 1. The van der Waals surface area contributed by atoms with Crippen LogP contribution in [0.5, 0.6) is 0 Å². The molecule has 1 aromatic rings. The Morgan fingerprint density at radius 3 is 3.00 bits per heavy atom. The predicted molar refractivity (Wildman–Crippen MR) is 60.7 cm³/mol. The summed E-state index contributed by atoms with van der Waals surface area (Å²) >= 11 is 1.74. The summed E-state index contributed by atoms with van der Waals surface area (Å²) in [6, 6.07) is 0.703. The van der Waals surface area contributed by atoms with Crippen molar-refractivity contribution in [2.24, 2.45) is 5.92 Å². The van der Waals surface area contributed by atoms with Crippen LogP contribution < -0.4 is 5.32 Å². The van der Waals surface area contributed by atoms with Crippen molar-refractivity contribution in [2.45, 2.75) is 39.2 Å². The molecule has 2 rings (SSSR count). The molecule has 3 heteroatoms. The number of thiazole rings is 1. The van der Waals surface area contributed by atoms with E-state index in [2.05, 4.69) is 29.5 Å². The standard InChI is InChI=1S/C11H18N2S/c1-8(10-3-4-10)12-6-5-11-7-14-9(2)13-11/h7-8,10,12H,3-6H2,1-2H3. The third kappa shape index (κ3) is 2.79. The summed E-state index contributed by atoms with van der Waals surface area (Å²) < 4.78 is 0. The average Bonchev–Trinajstić information content (AvgIpc) is 2.92. The van der Waals surface area contributed by atoms with Crippen molar-refractivity contribution >= 4 is 11.3 Å². The topological polar surface area (TPSA) is 24.9 Å². The molecule has 14 heavy (non-hydrogen) atoms. The van der Waals surface area contributed by atoms with E-state index in [9.17, 15) is 0 Å². The second kappa shape index (κ2) is 4.41. The van der Waals surface area contributed by atoms with Crippen LogP contribution in [0.1, 0.15) is 30.5 Å². The van der Waals surface area contributed by atoms with Crippen LogP contribution in [-0.2, 0) is 6.42 Å². The smallest absolute Gasteiger partial charge is 0.0897 e. The molecular formula is C11H18N2S. The van der Waals surface area contributed by atoms with Crippen LogP contribution in [0, 0.1) is 12.8 Å². The molecule has 2 nitrogen and oxygen atoms in total. The molecule has 1 saturated carbocycles. The number of aromatic nitrogens is 1. The molecule has 0 radical (unpaired) electrons. The Bertz CT molecular complexity index is 291. The lowest BCUT2D eigenvalue weighted by atomic mass is 10.2. The van der Waals surface area contributed by atoms with Gasteiger partial charge in [-0.15, -0.1) is 11.3 Å². The van der Waals surface area contributed by atoms with Gasteiger partial charge in [-0.25, -0.2) is 4.98 Å². The maximum atomic E-state index is 4.45. The number of hydrogen-bond donors (Lipinski definition) is 1. The minimum atomic E-state index is 0.703. The van der Waals surface area contributed by atoms with Gasteiger partial charge in [0.1, 0.15) is 0 Å². The van der Waals surface area contributed by atoms with Crippen molar-refractivity contribution in [3.63, 3.8) is 0 Å². The fraction of sp³-hybridized carbons (Fsp3) is 0.727. The van der Waals surface area contributed by atoms with Gasteiger partial charge in [-0.2, -0.15) is 0 Å². The SMILES string of the molecule is Cc1nc(CCNC(C)C2CC2)cs1. The maximum Gasteiger partial charge on any atom is 0.0897 e. The lowest BCUT2D eigenvalue weighted by Gasteiger charge is -2.11. The van der Waals surface area contributed by atoms with Crippen LogP contribution in [0.2, 0.25) is 0 Å². The Morgan fingerprint density at radius 1 is 1.64 bits per heavy atom. The van der Waals surface area contributed by atoms with E-state index in [1.54, 1.807) is 11.3 Å². The van der Waals surface area contributed by atoms with E-state index in [4.69, 9.17) is 0 Å². The van der Waals surface area contributed by atoms with Gasteiger partial charge in [-0.1, -0.05) is 0 Å². The molecule has 1 aliphatic rings. The van der Waals surface area contributed by atoms with Crippen LogP contribution in [0.15, 0.2) is 5.38 Å². The highest BCUT2D eigenvalue weighted by Gasteiger charge is 2.27. The van der Waals surface area contributed by atoms with Crippen LogP contribution in [0.3, 0.4) is 0 Å². The van der Waals surface area contributed by atoms with Crippen molar-refractivity contribution in [3.8, 4) is 0 Å². The summed E-state index contributed by atoms with van der Waals surface area (Å²) in [6.07, 6.45) is 3.91. The second-order valence-corrected chi connectivity index (χ2v) is 5.25. The molecule has 0 saturated heterocycles. The summed E-state index contributed by atoms with van der Waals surface area (Å²) in [4.78, 5) is 4.45. The van der Waals surface area contributed by atoms with Crippen LogP contribution >= 0.6 is 11.3 Å². The Labute approximate surface area is 89.8 Å². The van der Waals surface area contributed by atoms with E-state index in [0.717, 1.165) is 18.9 Å². The number of nitrogens with one attached hydrogen (secondary N) is 1. The molecular weight excluding hydrogens is 192 g/mol. The highest BCUT2D eigenvalue weighted by Crippen LogP contribution is 2.32. The molecule has 1 N–H and O–H groups in total. The summed E-state index contributed by atoms with van der Waals surface area (Å²) in [6.45, 7) is 5.43. The van der Waals surface area contributed by atoms with E-state index in [1.165, 1.54) is 23.5 Å². The molecule has 0 spiro atoms. The van der Waals surface area contributed by atoms with Gasteiger partial charge in [-0.05, 0) is 32.6 Å². The zero-order valence-corrected chi connectivity index (χ0v) is 9.73. The third-order valence-electron chi connectivity index (χ3n) is 2.84. The minimum absolute atomic E-state index is 0.703. The Kier molecular flexibility index (Phi) is 3.19. The summed E-state index contributed by atoms with van der Waals surface area (Å²) in [5.41, 5.74) is 1.24. The first-order valence-electron chi connectivity index (χ1n) is 5.40. The Hall–Kier alpha value is -0.410. The Morgan fingerprint density at radius 2 is 2.43 bits per heavy atom. The fourth-order valence-electron chi connectivity index (χ4n) is 1.71. The highest BCUT2D eigenvalue weighted by atomic mass is 32.1. The van der Waals surface area contributed by atoms with Crippen molar-refractivity contribution in [2.75, 3.05) is 6.54 Å². The lowest BCUT2D eigenvalue weighted by Crippen LogP contribution is -2.29. The van der Waals surface area contributed by atoms with Crippen molar-refractivity contribution in [1.29, 1.82) is 0 Å². The van der Waals surface area contributed by atoms with Crippen LogP contribution in [0.25, 0.3) is 0 Å². The lowest BCUT2D eigenvalue weighted by molar-refractivity contribution is 0.499. The number of nitrogens with zero attached hydrogens (tertiary/aromatic N) is 1. The van der Waals surface area contributed by atoms with E-state index >= 15 is 0 Å². The number of hydrogen-bond acceptors (Lipinski definition) is 3. The molecule has 0 amide bonds. The first-order valence-corrected chi connectivity index (χ1v) is 6.28. The first-order chi connectivity index (χ1) is 6.75. The second-order valence-electron chi connectivity index (χ2n) is 4.19. The third-order valence-corrected chi connectivity index (χ3v) is 3.67. The largest absolute Gasteiger partial charge is 0.314 e. The number of rotatable bonds is 5. The molecule has 0 aliphatic heterocycles. The molecule has 1 heterocycles. The first kappa shape index (κ1) is 10.1. The molecule has 0 bridgehead atoms. The fourth-order valence-corrected chi connectivity index (χ4v) is 2.36. The quantitative estimate of drug-likeness (QED) is 0.807. The van der Waals surface area contributed by atoms with Crippen molar-refractivity contribution in [3.05, 3.63) is 16.1 Å². The van der Waals surface area contributed by atoms with E-state index in [-0.39, 0.29) is 0 Å². The van der Waals surface area contributed by atoms with Crippen LogP contribution in [0.4, 0.5) is 0 Å². The van der Waals surface area contributed by atoms with E-state index < -0.39 is 0 Å². The van der Waals surface area contributed by atoms with Crippen molar-refractivity contribution in [1.82, 2.24) is 10.3 Å². The minimum Gasteiger partial charge on any atom is -0.314 e. The zero-order chi connectivity index (χ0) is 9.97. The van der Waals surface area contributed by atoms with Gasteiger partial charge in [0.2, 0.25) is 0 Å². The average molecular weight is 210 g/mol. The molecule has 78 valence electrons. The predicted octanol–water partition coefficient (Wildman–Crippen LogP) is 2.38. The van der Waals surface area contributed by atoms with Gasteiger partial charge in [-0.3, -0.25) is 0 Å². The molecule has 1 aliphatic carbocycles. The van der Waals surface area contributed by atoms with E-state index in [0.29, 0.717) is 6.04 Å². The van der Waals surface area contributed by atoms with Gasteiger partial charge < -0.3 is 5.32 Å². The van der Waals surface area contributed by atoms with Gasteiger partial charge in [0.15, 0.2) is 0 Å². The summed E-state index contributed by atoms with van der Waals surface area (Å²) in [7, 11) is 0. The van der Waals surface area contributed by atoms with Gasteiger partial charge in [0.05, 0.1) is 10.7 Å². The molecule has 1 unspecified atom stereocenters. The van der Waals surface area contributed by atoms with Gasteiger partial charge in [0, 0.05) is 24.4 Å². The monoisotopic (exact) mass is 210 g/mol. The van der Waals surface area contributed by atoms with Gasteiger partial charge in [0.25, 0.3) is 0 Å². The van der Waals surface area contributed by atoms with Crippen molar-refractivity contribution < 1.29 is 0 Å². The van der Waals surface area contributed by atoms with Crippen LogP contribution in [-0.4, -0.2) is 17.6 Å². The molecule has 0 aromatic carbocycles. The zero-order valence-electron chi connectivity index (χ0n) is 8.92. The normalized spacial score (nSPS) is 18.4. The summed E-state index contributed by atoms with van der Waals surface area (Å²) in [5.74, 6) is 0.951. The maximum absolute atomic E-state index is 4.45. The summed E-state index contributed by atoms with van der Waals surface area (Å²) in [5, 5.41) is 6.91. The Balaban J connectivity index is 1.67. The highest BCUT2D eigenvalue weighted by molar-refractivity contribution is 7.09. The molecule has 1 atom stereocenters. The van der Waals surface area contributed by atoms with Gasteiger partial charge >= 0.3 is 0 Å². The van der Waals surface area contributed by atoms with E-state index in [1.807, 2.05) is 0 Å².